The minimum atomic E-state index is -0.704. The number of nitrogens with zero attached hydrogens (tertiary/aromatic N) is 2. The lowest BCUT2D eigenvalue weighted by molar-refractivity contribution is -0.158. The average Bonchev–Trinajstić information content (AvgIpc) is 3.96. The molecule has 0 atom stereocenters. The molecule has 10 heteroatoms. The van der Waals surface area contributed by atoms with E-state index in [1.54, 1.807) is 24.3 Å². The number of aliphatic carboxylic acids is 2. The maximum atomic E-state index is 14.6. The minimum Gasteiger partial charge on any atom is -0.481 e. The first-order valence-electron chi connectivity index (χ1n) is 25.2. The van der Waals surface area contributed by atoms with E-state index in [0.717, 1.165) is 84.7 Å². The van der Waals surface area contributed by atoms with Crippen molar-refractivity contribution in [2.75, 3.05) is 0 Å². The van der Waals surface area contributed by atoms with Gasteiger partial charge in [-0.3, -0.25) is 19.2 Å². The molecule has 12 rings (SSSR count). The fourth-order valence-corrected chi connectivity index (χ4v) is 12.9. The molecule has 0 amide bonds. The van der Waals surface area contributed by atoms with Crippen LogP contribution in [0.5, 0.6) is 0 Å². The van der Waals surface area contributed by atoms with Gasteiger partial charge in [0.25, 0.3) is 0 Å². The van der Waals surface area contributed by atoms with Gasteiger partial charge in [0.2, 0.25) is 0 Å². The Bertz CT molecular complexity index is 3110. The van der Waals surface area contributed by atoms with E-state index in [2.05, 4.69) is 72.8 Å². The summed E-state index contributed by atoms with van der Waals surface area (Å²) in [6.45, 7) is 1.09. The van der Waals surface area contributed by atoms with Gasteiger partial charge in [0, 0.05) is 60.2 Å². The maximum absolute atomic E-state index is 14.6. The predicted molar refractivity (Wildman–Crippen MR) is 281 cm³/mol. The quantitative estimate of drug-likeness (QED) is 0.105. The van der Waals surface area contributed by atoms with Gasteiger partial charge in [-0.1, -0.05) is 117 Å². The molecule has 2 spiro atoms. The van der Waals surface area contributed by atoms with Crippen LogP contribution in [0.25, 0.3) is 44.1 Å². The number of benzene rings is 6. The Morgan fingerprint density at radius 3 is 1.14 bits per heavy atom. The largest absolute Gasteiger partial charge is 0.481 e. The second kappa shape index (κ2) is 19.9. The summed E-state index contributed by atoms with van der Waals surface area (Å²) in [5.74, 6) is -1.86. The SMILES string of the molecule is C.O=C(CC1CC2(C1)CC(C(=O)O)C2)c1ccc(F)c2ccn(Cc3ccc(-c4ccccc4)cc3)c12.O=C(CC1CC2(C1)CC(C(=O)O)C2)c1ccc(F)c2ccn(Cc3ccc(-c4ccccc4)cc3)c12. The third-order valence-electron chi connectivity index (χ3n) is 16.4. The molecular formula is C63H60F2N2O6. The molecule has 73 heavy (non-hydrogen) atoms. The van der Waals surface area contributed by atoms with Gasteiger partial charge in [-0.15, -0.1) is 0 Å². The van der Waals surface area contributed by atoms with Crippen molar-refractivity contribution in [3.63, 3.8) is 0 Å². The molecule has 2 heterocycles. The molecule has 372 valence electrons. The summed E-state index contributed by atoms with van der Waals surface area (Å²) >= 11 is 0. The van der Waals surface area contributed by atoms with Gasteiger partial charge in [-0.05, 0) is 144 Å². The van der Waals surface area contributed by atoms with Crippen LogP contribution in [0, 0.1) is 46.1 Å². The van der Waals surface area contributed by atoms with Crippen LogP contribution < -0.4 is 0 Å². The number of fused-ring (bicyclic) bond motifs is 2. The number of rotatable bonds is 14. The van der Waals surface area contributed by atoms with Crippen LogP contribution in [-0.4, -0.2) is 42.9 Å². The van der Waals surface area contributed by atoms with Crippen LogP contribution in [0.1, 0.15) is 103 Å². The van der Waals surface area contributed by atoms with Crippen molar-refractivity contribution in [3.8, 4) is 22.3 Å². The molecule has 0 aliphatic heterocycles. The summed E-state index contributed by atoms with van der Waals surface area (Å²) in [6, 6.07) is 46.5. The smallest absolute Gasteiger partial charge is 0.306 e. The Hall–Kier alpha value is -7.46. The molecule has 4 aliphatic rings. The lowest BCUT2D eigenvalue weighted by atomic mass is 9.47. The molecule has 0 saturated heterocycles. The van der Waals surface area contributed by atoms with E-state index in [0.29, 0.717) is 58.9 Å². The van der Waals surface area contributed by atoms with Crippen LogP contribution in [-0.2, 0) is 22.7 Å². The summed E-state index contributed by atoms with van der Waals surface area (Å²) in [7, 11) is 0. The highest BCUT2D eigenvalue weighted by atomic mass is 19.1. The average molecular weight is 979 g/mol. The normalized spacial score (nSPS) is 22.5. The molecule has 4 aliphatic carbocycles. The Morgan fingerprint density at radius 2 is 0.795 bits per heavy atom. The first-order chi connectivity index (χ1) is 34.8. The van der Waals surface area contributed by atoms with E-state index in [4.69, 9.17) is 10.2 Å². The van der Waals surface area contributed by atoms with Crippen LogP contribution in [0.2, 0.25) is 0 Å². The van der Waals surface area contributed by atoms with Crippen molar-refractivity contribution in [1.82, 2.24) is 9.13 Å². The van der Waals surface area contributed by atoms with Crippen molar-refractivity contribution in [2.45, 2.75) is 84.7 Å². The maximum Gasteiger partial charge on any atom is 0.306 e. The number of carbonyl (C=O) groups excluding carboxylic acids is 2. The monoisotopic (exact) mass is 978 g/mol. The molecule has 0 radical (unpaired) electrons. The van der Waals surface area contributed by atoms with Gasteiger partial charge in [-0.2, -0.15) is 0 Å². The number of aromatic nitrogens is 2. The van der Waals surface area contributed by atoms with E-state index >= 15 is 0 Å². The molecule has 6 aromatic carbocycles. The van der Waals surface area contributed by atoms with E-state index in [1.807, 2.05) is 57.9 Å². The number of carbonyl (C=O) groups is 4. The summed E-state index contributed by atoms with van der Waals surface area (Å²) in [6.07, 6.45) is 11.2. The fraction of sp³-hybridized carbons (Fsp3) is 0.302. The van der Waals surface area contributed by atoms with Crippen molar-refractivity contribution in [2.24, 2.45) is 34.5 Å². The van der Waals surface area contributed by atoms with E-state index < -0.39 is 11.9 Å². The number of halogens is 2. The first kappa shape index (κ1) is 49.1. The molecule has 0 bridgehead atoms. The minimum absolute atomic E-state index is 0. The Kier molecular flexibility index (Phi) is 13.4. The fourth-order valence-electron chi connectivity index (χ4n) is 12.9. The molecule has 8 aromatic rings. The highest BCUT2D eigenvalue weighted by Crippen LogP contribution is 2.63. The molecule has 2 aromatic heterocycles. The van der Waals surface area contributed by atoms with Gasteiger partial charge in [0.1, 0.15) is 11.6 Å². The van der Waals surface area contributed by atoms with Crippen molar-refractivity contribution < 1.29 is 38.2 Å². The van der Waals surface area contributed by atoms with Crippen LogP contribution in [0.4, 0.5) is 8.78 Å². The third-order valence-corrected chi connectivity index (χ3v) is 16.4. The number of carboxylic acid groups (broad SMARTS) is 2. The molecule has 4 fully saturated rings. The molecular weight excluding hydrogens is 919 g/mol. The standard InChI is InChI=1S/2C31H28FNO3.CH4/c2*32-27-11-10-26(28(34)14-21-15-31(16-21)17-24(18-31)30(35)36)29-25(27)12-13-33(29)19-20-6-8-23(9-7-20)22-4-2-1-3-5-22;/h2*1-13,21,24H,14-19H2,(H,35,36);1H4. The van der Waals surface area contributed by atoms with Crippen molar-refractivity contribution >= 4 is 45.3 Å². The third kappa shape index (κ3) is 9.79. The number of ketones is 2. The van der Waals surface area contributed by atoms with Gasteiger partial charge in [-0.25, -0.2) is 8.78 Å². The van der Waals surface area contributed by atoms with Gasteiger partial charge in [0.05, 0.1) is 22.9 Å². The predicted octanol–water partition coefficient (Wildman–Crippen LogP) is 14.6. The zero-order chi connectivity index (χ0) is 49.7. The van der Waals surface area contributed by atoms with Crippen molar-refractivity contribution in [1.29, 1.82) is 0 Å². The van der Waals surface area contributed by atoms with Crippen molar-refractivity contribution in [3.05, 3.63) is 192 Å². The van der Waals surface area contributed by atoms with Crippen LogP contribution >= 0.6 is 0 Å². The molecule has 2 N–H and O–H groups in total. The van der Waals surface area contributed by atoms with E-state index in [9.17, 15) is 28.0 Å². The summed E-state index contributed by atoms with van der Waals surface area (Å²) in [5.41, 5.74) is 9.44. The number of hydrogen-bond donors (Lipinski definition) is 2. The zero-order valence-electron chi connectivity index (χ0n) is 40.0. The summed E-state index contributed by atoms with van der Waals surface area (Å²) < 4.78 is 33.2. The molecule has 8 nitrogen and oxygen atoms in total. The second-order valence-corrected chi connectivity index (χ2v) is 21.4. The van der Waals surface area contributed by atoms with Crippen LogP contribution in [0.3, 0.4) is 0 Å². The highest BCUT2D eigenvalue weighted by molar-refractivity contribution is 6.08. The number of carboxylic acids is 2. The topological polar surface area (TPSA) is 119 Å². The molecule has 0 unspecified atom stereocenters. The lowest BCUT2D eigenvalue weighted by Gasteiger charge is -2.56. The Morgan fingerprint density at radius 1 is 0.452 bits per heavy atom. The summed E-state index contributed by atoms with van der Waals surface area (Å²) in [5, 5.41) is 19.3. The Balaban J connectivity index is 0.000000165. The summed E-state index contributed by atoms with van der Waals surface area (Å²) in [4.78, 5) is 48.9. The number of Topliss-reactive ketones (excluding diaryl/α,β-unsaturated/α-hetero) is 2. The van der Waals surface area contributed by atoms with Crippen LogP contribution in [0.15, 0.2) is 158 Å². The number of hydrogen-bond acceptors (Lipinski definition) is 4. The highest BCUT2D eigenvalue weighted by Gasteiger charge is 2.56. The van der Waals surface area contributed by atoms with Gasteiger partial charge >= 0.3 is 11.9 Å². The Labute approximate surface area is 424 Å². The van der Waals surface area contributed by atoms with E-state index in [-0.39, 0.29) is 65.1 Å². The second-order valence-electron chi connectivity index (χ2n) is 21.4. The zero-order valence-corrected chi connectivity index (χ0v) is 40.0. The lowest BCUT2D eigenvalue weighted by Crippen LogP contribution is -2.50. The van der Waals surface area contributed by atoms with Gasteiger partial charge in [0.15, 0.2) is 11.6 Å². The first-order valence-corrected chi connectivity index (χ1v) is 25.2. The molecule has 4 saturated carbocycles. The van der Waals surface area contributed by atoms with Gasteiger partial charge < -0.3 is 19.3 Å². The van der Waals surface area contributed by atoms with E-state index in [1.165, 1.54) is 12.1 Å².